The lowest BCUT2D eigenvalue weighted by Crippen LogP contribution is -2.35. The maximum atomic E-state index is 14.0. The average molecular weight is 529 g/mol. The van der Waals surface area contributed by atoms with E-state index in [1.165, 1.54) is 24.5 Å². The minimum atomic E-state index is -4.75. The van der Waals surface area contributed by atoms with E-state index in [1.54, 1.807) is 12.5 Å². The third kappa shape index (κ3) is 4.90. The van der Waals surface area contributed by atoms with Gasteiger partial charge >= 0.3 is 6.18 Å². The lowest BCUT2D eigenvalue weighted by atomic mass is 9.95. The zero-order chi connectivity index (χ0) is 26.3. The second-order valence-electron chi connectivity index (χ2n) is 10.6. The number of hydrogen-bond donors (Lipinski definition) is 0. The Morgan fingerprint density at radius 1 is 0.895 bits per heavy atom. The molecule has 0 amide bonds. The Morgan fingerprint density at radius 3 is 2.45 bits per heavy atom. The predicted octanol–water partition coefficient (Wildman–Crippen LogP) is 5.47. The van der Waals surface area contributed by atoms with E-state index < -0.39 is 17.6 Å². The van der Waals surface area contributed by atoms with Gasteiger partial charge in [-0.1, -0.05) is 0 Å². The van der Waals surface area contributed by atoms with E-state index in [-0.39, 0.29) is 5.92 Å². The minimum Gasteiger partial charge on any atom is -0.356 e. The van der Waals surface area contributed by atoms with E-state index in [4.69, 9.17) is 4.98 Å². The lowest BCUT2D eigenvalue weighted by molar-refractivity contribution is -0.139. The normalized spacial score (nSPS) is 18.9. The summed E-state index contributed by atoms with van der Waals surface area (Å²) in [5.41, 5.74) is 2.15. The van der Waals surface area contributed by atoms with Crippen LogP contribution in [0.3, 0.4) is 0 Å². The number of alkyl halides is 3. The number of halogens is 4. The van der Waals surface area contributed by atoms with E-state index in [1.807, 2.05) is 0 Å². The first kappa shape index (κ1) is 25.3. The van der Waals surface area contributed by atoms with E-state index in [2.05, 4.69) is 24.3 Å². The van der Waals surface area contributed by atoms with Crippen LogP contribution in [0.25, 0.3) is 11.3 Å². The number of piperidine rings is 1. The largest absolute Gasteiger partial charge is 0.419 e. The maximum absolute atomic E-state index is 14.0. The number of aromatic nitrogens is 4. The molecule has 0 bridgehead atoms. The van der Waals surface area contributed by atoms with Gasteiger partial charge in [0.05, 0.1) is 17.5 Å². The number of likely N-dealkylation sites (tertiary alicyclic amines) is 1. The van der Waals surface area contributed by atoms with Gasteiger partial charge in [-0.15, -0.1) is 0 Å². The number of benzene rings is 1. The first-order chi connectivity index (χ1) is 18.4. The fraction of sp³-hybridized carbons (Fsp3) is 0.536. The van der Waals surface area contributed by atoms with E-state index in [0.717, 1.165) is 94.3 Å². The summed E-state index contributed by atoms with van der Waals surface area (Å²) in [5.74, 6) is 0.892. The Hall–Kier alpha value is -3.01. The molecule has 0 unspecified atom stereocenters. The number of aryl methyl sites for hydroxylation is 1. The Balaban J connectivity index is 1.27. The number of anilines is 1. The van der Waals surface area contributed by atoms with Gasteiger partial charge in [-0.05, 0) is 76.2 Å². The van der Waals surface area contributed by atoms with Gasteiger partial charge in [0.15, 0.2) is 0 Å². The van der Waals surface area contributed by atoms with Crippen molar-refractivity contribution in [3.05, 3.63) is 59.2 Å². The van der Waals surface area contributed by atoms with Crippen LogP contribution in [0.2, 0.25) is 0 Å². The van der Waals surface area contributed by atoms with Crippen molar-refractivity contribution in [2.75, 3.05) is 37.6 Å². The molecule has 0 saturated carbocycles. The third-order valence-electron chi connectivity index (χ3n) is 8.30. The fourth-order valence-corrected chi connectivity index (χ4v) is 6.30. The van der Waals surface area contributed by atoms with Gasteiger partial charge < -0.3 is 14.4 Å². The number of fused-ring (bicyclic) bond motifs is 1. The van der Waals surface area contributed by atoms with Crippen LogP contribution in [0.15, 0.2) is 30.7 Å². The highest BCUT2D eigenvalue weighted by Gasteiger charge is 2.35. The average Bonchev–Trinajstić information content (AvgIpc) is 3.68. The smallest absolute Gasteiger partial charge is 0.356 e. The molecule has 202 valence electrons. The fourth-order valence-electron chi connectivity index (χ4n) is 6.30. The summed E-state index contributed by atoms with van der Waals surface area (Å²) in [7, 11) is 0. The van der Waals surface area contributed by atoms with Gasteiger partial charge in [0.1, 0.15) is 23.8 Å². The molecule has 2 aromatic heterocycles. The molecule has 6 rings (SSSR count). The van der Waals surface area contributed by atoms with Crippen LogP contribution >= 0.6 is 0 Å². The van der Waals surface area contributed by atoms with Crippen LogP contribution in [-0.4, -0.2) is 57.1 Å². The quantitative estimate of drug-likeness (QED) is 0.398. The van der Waals surface area contributed by atoms with Crippen LogP contribution in [0.5, 0.6) is 0 Å². The van der Waals surface area contributed by atoms with Crippen molar-refractivity contribution < 1.29 is 17.6 Å². The zero-order valence-electron chi connectivity index (χ0n) is 21.4. The van der Waals surface area contributed by atoms with E-state index >= 15 is 0 Å². The molecule has 10 heteroatoms. The standard InChI is InChI=1S/C28H32F4N6/c29-23-7-6-20(16-22(23)28(30,31)32)25-17-33-26(38(25)15-14-36-10-1-2-11-36)19-8-12-37(13-9-19)27-21-4-3-5-24(21)34-18-35-27/h6-7,16-19H,1-5,8-15H2. The molecule has 38 heavy (non-hydrogen) atoms. The van der Waals surface area contributed by atoms with Gasteiger partial charge in [0.25, 0.3) is 0 Å². The minimum absolute atomic E-state index is 0.191. The summed E-state index contributed by atoms with van der Waals surface area (Å²) < 4.78 is 56.5. The first-order valence-corrected chi connectivity index (χ1v) is 13.6. The molecule has 6 nitrogen and oxygen atoms in total. The lowest BCUT2D eigenvalue weighted by Gasteiger charge is -2.34. The second-order valence-corrected chi connectivity index (χ2v) is 10.6. The molecule has 0 radical (unpaired) electrons. The number of hydrogen-bond acceptors (Lipinski definition) is 5. The van der Waals surface area contributed by atoms with Gasteiger partial charge in [-0.2, -0.15) is 13.2 Å². The van der Waals surface area contributed by atoms with Crippen LogP contribution in [0.1, 0.15) is 60.7 Å². The van der Waals surface area contributed by atoms with Crippen molar-refractivity contribution in [2.24, 2.45) is 0 Å². The van der Waals surface area contributed by atoms with Gasteiger partial charge in [-0.25, -0.2) is 19.3 Å². The summed E-state index contributed by atoms with van der Waals surface area (Å²) in [6.07, 6.45) is 5.84. The van der Waals surface area contributed by atoms with Gasteiger partial charge in [0, 0.05) is 48.9 Å². The Labute approximate surface area is 219 Å². The van der Waals surface area contributed by atoms with Crippen molar-refractivity contribution in [1.82, 2.24) is 24.4 Å². The number of nitrogens with zero attached hydrogens (tertiary/aromatic N) is 6. The second kappa shape index (κ2) is 10.3. The number of rotatable bonds is 6. The molecule has 3 aliphatic rings. The molecular formula is C28H32F4N6. The topological polar surface area (TPSA) is 50.1 Å². The Kier molecular flexibility index (Phi) is 6.84. The van der Waals surface area contributed by atoms with Crippen molar-refractivity contribution in [1.29, 1.82) is 0 Å². The maximum Gasteiger partial charge on any atom is 0.419 e. The molecule has 3 aromatic rings. The molecular weight excluding hydrogens is 496 g/mol. The first-order valence-electron chi connectivity index (χ1n) is 13.6. The third-order valence-corrected chi connectivity index (χ3v) is 8.30. The molecule has 0 N–H and O–H groups in total. The predicted molar refractivity (Wildman–Crippen MR) is 137 cm³/mol. The molecule has 1 aromatic carbocycles. The Bertz CT molecular complexity index is 1290. The number of imidazole rings is 1. The highest BCUT2D eigenvalue weighted by molar-refractivity contribution is 5.61. The highest BCUT2D eigenvalue weighted by Crippen LogP contribution is 2.37. The van der Waals surface area contributed by atoms with Crippen LogP contribution in [-0.2, 0) is 25.6 Å². The molecule has 2 aliphatic heterocycles. The SMILES string of the molecule is Fc1ccc(-c2cnc(C3CCN(c4ncnc5c4CCC5)CC3)n2CCN2CCCC2)cc1C(F)(F)F. The molecule has 1 aliphatic carbocycles. The monoisotopic (exact) mass is 528 g/mol. The molecule has 2 saturated heterocycles. The van der Waals surface area contributed by atoms with Crippen LogP contribution < -0.4 is 4.90 Å². The van der Waals surface area contributed by atoms with Crippen LogP contribution in [0.4, 0.5) is 23.4 Å². The van der Waals surface area contributed by atoms with Crippen LogP contribution in [0, 0.1) is 5.82 Å². The van der Waals surface area contributed by atoms with Gasteiger partial charge in [-0.3, -0.25) is 0 Å². The van der Waals surface area contributed by atoms with Gasteiger partial charge in [0.2, 0.25) is 0 Å². The molecule has 0 atom stereocenters. The summed E-state index contributed by atoms with van der Waals surface area (Å²) in [4.78, 5) is 18.5. The summed E-state index contributed by atoms with van der Waals surface area (Å²) >= 11 is 0. The molecule has 4 heterocycles. The van der Waals surface area contributed by atoms with Crippen molar-refractivity contribution >= 4 is 5.82 Å². The van der Waals surface area contributed by atoms with E-state index in [9.17, 15) is 17.6 Å². The highest BCUT2D eigenvalue weighted by atomic mass is 19.4. The molecule has 2 fully saturated rings. The van der Waals surface area contributed by atoms with Crippen molar-refractivity contribution in [3.63, 3.8) is 0 Å². The van der Waals surface area contributed by atoms with Crippen molar-refractivity contribution in [2.45, 2.75) is 63.6 Å². The summed E-state index contributed by atoms with van der Waals surface area (Å²) in [6, 6.07) is 3.26. The summed E-state index contributed by atoms with van der Waals surface area (Å²) in [5, 5.41) is 0. The Morgan fingerprint density at radius 2 is 1.68 bits per heavy atom. The van der Waals surface area contributed by atoms with E-state index in [0.29, 0.717) is 17.8 Å². The zero-order valence-corrected chi connectivity index (χ0v) is 21.4. The summed E-state index contributed by atoms with van der Waals surface area (Å²) in [6.45, 7) is 5.22. The molecule has 0 spiro atoms. The van der Waals surface area contributed by atoms with Crippen molar-refractivity contribution in [3.8, 4) is 11.3 Å².